The number of carbonyl (C=O) groups is 4. The largest absolute Gasteiger partial charge is 0.462 e. The fourth-order valence-corrected chi connectivity index (χ4v) is 2.50. The third-order valence-electron chi connectivity index (χ3n) is 3.46. The topological polar surface area (TPSA) is 138 Å². The Morgan fingerprint density at radius 3 is 2.46 bits per heavy atom. The molecule has 2 amide bonds. The zero-order chi connectivity index (χ0) is 20.8. The van der Waals surface area contributed by atoms with Crippen LogP contribution < -0.4 is 11.1 Å². The van der Waals surface area contributed by atoms with E-state index in [0.29, 0.717) is 5.02 Å². The number of esters is 2. The number of aryl methyl sites for hydroxylation is 1. The summed E-state index contributed by atoms with van der Waals surface area (Å²) < 4.78 is 15.0. The first-order valence-electron chi connectivity index (χ1n) is 8.07. The molecule has 9 nitrogen and oxygen atoms in total. The van der Waals surface area contributed by atoms with Crippen molar-refractivity contribution in [3.05, 3.63) is 51.7 Å². The number of halogens is 1. The molecule has 0 saturated carbocycles. The highest BCUT2D eigenvalue weighted by Crippen LogP contribution is 2.27. The van der Waals surface area contributed by atoms with Crippen LogP contribution in [0, 0.1) is 6.92 Å². The number of nitrogens with one attached hydrogen (secondary N) is 1. The summed E-state index contributed by atoms with van der Waals surface area (Å²) in [5.41, 5.74) is 4.95. The fourth-order valence-electron chi connectivity index (χ4n) is 2.31. The zero-order valence-corrected chi connectivity index (χ0v) is 15.8. The van der Waals surface area contributed by atoms with Crippen molar-refractivity contribution in [3.63, 3.8) is 0 Å². The molecule has 0 aliphatic rings. The molecule has 1 aromatic heterocycles. The summed E-state index contributed by atoms with van der Waals surface area (Å²) in [5.74, 6) is -3.68. The van der Waals surface area contributed by atoms with E-state index in [9.17, 15) is 19.2 Å². The van der Waals surface area contributed by atoms with Gasteiger partial charge in [-0.3, -0.25) is 14.9 Å². The number of carbonyl (C=O) groups excluding carboxylic acids is 4. The van der Waals surface area contributed by atoms with E-state index in [2.05, 4.69) is 5.32 Å². The van der Waals surface area contributed by atoms with Crippen LogP contribution in [-0.2, 0) is 14.3 Å². The standard InChI is InChI=1S/C18H17ClN2O7/c1-3-26-18(25)13-9(2)28-16(14(13)15(20)23)21-12(22)8-27-17(24)10-5-4-6-11(19)7-10/h4-7H,3,8H2,1-2H3,(H2,20,23)(H,21,22). The second kappa shape index (κ2) is 9.05. The molecule has 0 aliphatic carbocycles. The fraction of sp³-hybridized carbons (Fsp3) is 0.222. The van der Waals surface area contributed by atoms with Gasteiger partial charge in [-0.25, -0.2) is 9.59 Å². The minimum atomic E-state index is -0.994. The molecular weight excluding hydrogens is 392 g/mol. The molecule has 28 heavy (non-hydrogen) atoms. The minimum Gasteiger partial charge on any atom is -0.462 e. The molecule has 10 heteroatoms. The average molecular weight is 409 g/mol. The third kappa shape index (κ3) is 4.89. The van der Waals surface area contributed by atoms with Crippen molar-refractivity contribution in [2.45, 2.75) is 13.8 Å². The number of ether oxygens (including phenoxy) is 2. The van der Waals surface area contributed by atoms with Gasteiger partial charge in [-0.1, -0.05) is 17.7 Å². The molecule has 0 atom stereocenters. The highest BCUT2D eigenvalue weighted by molar-refractivity contribution is 6.30. The number of rotatable bonds is 7. The van der Waals surface area contributed by atoms with Gasteiger partial charge in [-0.15, -0.1) is 0 Å². The van der Waals surface area contributed by atoms with E-state index < -0.39 is 30.4 Å². The SMILES string of the molecule is CCOC(=O)c1c(C)oc(NC(=O)COC(=O)c2cccc(Cl)c2)c1C(N)=O. The van der Waals surface area contributed by atoms with Crippen LogP contribution in [0.4, 0.5) is 5.88 Å². The van der Waals surface area contributed by atoms with Gasteiger partial charge >= 0.3 is 11.9 Å². The lowest BCUT2D eigenvalue weighted by atomic mass is 10.1. The van der Waals surface area contributed by atoms with E-state index in [-0.39, 0.29) is 34.9 Å². The van der Waals surface area contributed by atoms with E-state index in [0.717, 1.165) is 0 Å². The molecule has 0 aliphatic heterocycles. The maximum Gasteiger partial charge on any atom is 0.342 e. The van der Waals surface area contributed by atoms with Gasteiger partial charge in [0.05, 0.1) is 12.2 Å². The van der Waals surface area contributed by atoms with E-state index in [1.807, 2.05) is 0 Å². The summed E-state index contributed by atoms with van der Waals surface area (Å²) in [6.07, 6.45) is 0. The molecule has 0 fully saturated rings. The van der Waals surface area contributed by atoms with E-state index in [1.54, 1.807) is 19.1 Å². The molecule has 1 heterocycles. The second-order valence-corrected chi connectivity index (χ2v) is 5.89. The monoisotopic (exact) mass is 408 g/mol. The van der Waals surface area contributed by atoms with Gasteiger partial charge in [0, 0.05) is 5.02 Å². The van der Waals surface area contributed by atoms with Crippen LogP contribution in [0.25, 0.3) is 0 Å². The number of benzene rings is 1. The van der Waals surface area contributed by atoms with Crippen LogP contribution >= 0.6 is 11.6 Å². The maximum atomic E-state index is 12.1. The zero-order valence-electron chi connectivity index (χ0n) is 15.0. The Morgan fingerprint density at radius 1 is 1.14 bits per heavy atom. The number of primary amides is 1. The number of nitrogens with two attached hydrogens (primary N) is 1. The van der Waals surface area contributed by atoms with Gasteiger partial charge in [0.1, 0.15) is 16.9 Å². The quantitative estimate of drug-likeness (QED) is 0.670. The molecule has 148 valence electrons. The lowest BCUT2D eigenvalue weighted by Gasteiger charge is -2.06. The number of amides is 2. The van der Waals surface area contributed by atoms with E-state index in [1.165, 1.54) is 19.1 Å². The molecule has 1 aromatic carbocycles. The number of hydrogen-bond donors (Lipinski definition) is 2. The summed E-state index contributed by atoms with van der Waals surface area (Å²) in [4.78, 5) is 47.7. The Bertz CT molecular complexity index is 936. The maximum absolute atomic E-state index is 12.1. The van der Waals surface area contributed by atoms with Crippen molar-refractivity contribution in [1.82, 2.24) is 0 Å². The van der Waals surface area contributed by atoms with Gasteiger partial charge in [0.25, 0.3) is 11.8 Å². The second-order valence-electron chi connectivity index (χ2n) is 5.46. The third-order valence-corrected chi connectivity index (χ3v) is 3.69. The van der Waals surface area contributed by atoms with Crippen LogP contribution in [-0.4, -0.2) is 37.0 Å². The Labute approximate surface area is 164 Å². The molecule has 2 rings (SSSR count). The first-order valence-corrected chi connectivity index (χ1v) is 8.45. The molecular formula is C18H17ClN2O7. The van der Waals surface area contributed by atoms with Gasteiger partial charge in [-0.2, -0.15) is 0 Å². The van der Waals surface area contributed by atoms with Crippen molar-refractivity contribution in [2.75, 3.05) is 18.5 Å². The number of furan rings is 1. The van der Waals surface area contributed by atoms with Crippen molar-refractivity contribution < 1.29 is 33.1 Å². The summed E-state index contributed by atoms with van der Waals surface area (Å²) in [6, 6.07) is 5.99. The molecule has 2 aromatic rings. The molecule has 0 spiro atoms. The smallest absolute Gasteiger partial charge is 0.342 e. The molecule has 0 bridgehead atoms. The van der Waals surface area contributed by atoms with Gasteiger partial charge in [0.15, 0.2) is 6.61 Å². The minimum absolute atomic E-state index is 0.0403. The average Bonchev–Trinajstić information content (AvgIpc) is 2.95. The van der Waals surface area contributed by atoms with Crippen molar-refractivity contribution in [3.8, 4) is 0 Å². The van der Waals surface area contributed by atoms with Crippen molar-refractivity contribution in [2.24, 2.45) is 5.73 Å². The Hall–Kier alpha value is -3.33. The number of hydrogen-bond acceptors (Lipinski definition) is 7. The molecule has 0 unspecified atom stereocenters. The van der Waals surface area contributed by atoms with E-state index >= 15 is 0 Å². The highest BCUT2D eigenvalue weighted by Gasteiger charge is 2.29. The van der Waals surface area contributed by atoms with Crippen molar-refractivity contribution in [1.29, 1.82) is 0 Å². The van der Waals surface area contributed by atoms with Gasteiger partial charge in [0.2, 0.25) is 5.88 Å². The lowest BCUT2D eigenvalue weighted by molar-refractivity contribution is -0.119. The van der Waals surface area contributed by atoms with Crippen molar-refractivity contribution >= 4 is 41.2 Å². The first-order chi connectivity index (χ1) is 13.2. The van der Waals surface area contributed by atoms with Crippen LogP contribution in [0.5, 0.6) is 0 Å². The summed E-state index contributed by atoms with van der Waals surface area (Å²) in [6.45, 7) is 2.41. The molecule has 3 N–H and O–H groups in total. The van der Waals surface area contributed by atoms with Crippen LogP contribution in [0.3, 0.4) is 0 Å². The molecule has 0 radical (unpaired) electrons. The lowest BCUT2D eigenvalue weighted by Crippen LogP contribution is -2.23. The van der Waals surface area contributed by atoms with E-state index in [4.69, 9.17) is 31.2 Å². The van der Waals surface area contributed by atoms with Gasteiger partial charge in [-0.05, 0) is 32.0 Å². The van der Waals surface area contributed by atoms with Crippen LogP contribution in [0.2, 0.25) is 5.02 Å². The molecule has 0 saturated heterocycles. The number of anilines is 1. The van der Waals surface area contributed by atoms with Crippen LogP contribution in [0.15, 0.2) is 28.7 Å². The Balaban J connectivity index is 2.11. The predicted octanol–water partition coefficient (Wildman–Crippen LogP) is 2.31. The summed E-state index contributed by atoms with van der Waals surface area (Å²) in [7, 11) is 0. The Kier molecular flexibility index (Phi) is 6.78. The normalized spacial score (nSPS) is 10.2. The summed E-state index contributed by atoms with van der Waals surface area (Å²) >= 11 is 5.79. The first kappa shape index (κ1) is 21.0. The van der Waals surface area contributed by atoms with Crippen LogP contribution in [0.1, 0.15) is 43.8 Å². The highest BCUT2D eigenvalue weighted by atomic mass is 35.5. The van der Waals surface area contributed by atoms with Gasteiger partial charge < -0.3 is 19.6 Å². The Morgan fingerprint density at radius 2 is 1.86 bits per heavy atom. The predicted molar refractivity (Wildman–Crippen MR) is 98.3 cm³/mol. The summed E-state index contributed by atoms with van der Waals surface area (Å²) in [5, 5.41) is 2.59.